The summed E-state index contributed by atoms with van der Waals surface area (Å²) in [5.41, 5.74) is 1.92. The molecule has 0 aliphatic heterocycles. The molecule has 1 unspecified atom stereocenters. The average Bonchev–Trinajstić information content (AvgIpc) is 3.10. The molecule has 0 aliphatic carbocycles. The Bertz CT molecular complexity index is 1210. The van der Waals surface area contributed by atoms with Crippen LogP contribution < -0.4 is 5.32 Å². The van der Waals surface area contributed by atoms with Crippen molar-refractivity contribution in [3.63, 3.8) is 0 Å². The summed E-state index contributed by atoms with van der Waals surface area (Å²) in [7, 11) is 1.80. The van der Waals surface area contributed by atoms with Gasteiger partial charge in [-0.05, 0) is 42.8 Å². The molecule has 0 fully saturated rings. The van der Waals surface area contributed by atoms with Gasteiger partial charge in [0.2, 0.25) is 0 Å². The van der Waals surface area contributed by atoms with Crippen molar-refractivity contribution in [2.24, 2.45) is 7.05 Å². The highest BCUT2D eigenvalue weighted by Crippen LogP contribution is 2.24. The molecular formula is C22H18F2N4O. The summed E-state index contributed by atoms with van der Waals surface area (Å²) in [6, 6.07) is 11.1. The van der Waals surface area contributed by atoms with Gasteiger partial charge in [-0.2, -0.15) is 0 Å². The number of fused-ring (bicyclic) bond motifs is 1. The van der Waals surface area contributed by atoms with Gasteiger partial charge in [0.1, 0.15) is 23.5 Å². The minimum absolute atomic E-state index is 0.364. The van der Waals surface area contributed by atoms with Crippen LogP contribution in [0.4, 0.5) is 8.78 Å². The van der Waals surface area contributed by atoms with Crippen LogP contribution in [0.25, 0.3) is 10.9 Å². The first kappa shape index (κ1) is 18.7. The van der Waals surface area contributed by atoms with Crippen molar-refractivity contribution in [2.45, 2.75) is 13.0 Å². The number of amides is 1. The van der Waals surface area contributed by atoms with Crippen molar-refractivity contribution < 1.29 is 13.6 Å². The van der Waals surface area contributed by atoms with Crippen LogP contribution in [-0.2, 0) is 7.05 Å². The van der Waals surface area contributed by atoms with Gasteiger partial charge in [0, 0.05) is 36.6 Å². The fourth-order valence-electron chi connectivity index (χ4n) is 3.37. The molecule has 29 heavy (non-hydrogen) atoms. The minimum atomic E-state index is -0.665. The molecule has 0 radical (unpaired) electrons. The third kappa shape index (κ3) is 3.71. The summed E-state index contributed by atoms with van der Waals surface area (Å²) in [5.74, 6) is -0.654. The van der Waals surface area contributed by atoms with E-state index in [1.54, 1.807) is 49.1 Å². The second kappa shape index (κ2) is 7.43. The maximum absolute atomic E-state index is 13.8. The molecule has 1 atom stereocenters. The molecule has 1 amide bonds. The molecule has 146 valence electrons. The highest BCUT2D eigenvalue weighted by atomic mass is 19.1. The predicted octanol–water partition coefficient (Wildman–Crippen LogP) is 4.07. The smallest absolute Gasteiger partial charge is 0.252 e. The number of carbonyl (C=O) groups is 1. The van der Waals surface area contributed by atoms with Gasteiger partial charge < -0.3 is 9.88 Å². The van der Waals surface area contributed by atoms with Crippen molar-refractivity contribution in [1.29, 1.82) is 0 Å². The number of nitrogens with zero attached hydrogens (tertiary/aromatic N) is 3. The van der Waals surface area contributed by atoms with E-state index in [9.17, 15) is 13.6 Å². The van der Waals surface area contributed by atoms with Crippen LogP contribution in [0.5, 0.6) is 0 Å². The number of imidazole rings is 1. The van der Waals surface area contributed by atoms with Gasteiger partial charge in [0.05, 0.1) is 11.1 Å². The molecule has 2 aromatic carbocycles. The lowest BCUT2D eigenvalue weighted by Crippen LogP contribution is -2.31. The Kier molecular flexibility index (Phi) is 4.80. The van der Waals surface area contributed by atoms with Crippen LogP contribution in [-0.4, -0.2) is 20.4 Å². The molecule has 4 rings (SSSR count). The SMILES string of the molecule is Cc1cc(C(=O)NC(c2cccc(F)c2)c2nccn2C)c2ccc(F)cc2n1. The van der Waals surface area contributed by atoms with Gasteiger partial charge >= 0.3 is 0 Å². The normalized spacial score (nSPS) is 12.1. The number of benzene rings is 2. The van der Waals surface area contributed by atoms with E-state index in [1.165, 1.54) is 30.3 Å². The van der Waals surface area contributed by atoms with Gasteiger partial charge in [-0.15, -0.1) is 0 Å². The topological polar surface area (TPSA) is 59.8 Å². The summed E-state index contributed by atoms with van der Waals surface area (Å²) in [4.78, 5) is 21.8. The molecule has 0 spiro atoms. The quantitative estimate of drug-likeness (QED) is 0.569. The molecule has 5 nitrogen and oxygen atoms in total. The molecule has 0 saturated heterocycles. The summed E-state index contributed by atoms with van der Waals surface area (Å²) < 4.78 is 29.2. The number of nitrogens with one attached hydrogen (secondary N) is 1. The van der Waals surface area contributed by atoms with E-state index in [0.717, 1.165) is 0 Å². The second-order valence-corrected chi connectivity index (χ2v) is 6.83. The number of aryl methyl sites for hydroxylation is 2. The Morgan fingerprint density at radius 1 is 1.10 bits per heavy atom. The van der Waals surface area contributed by atoms with Crippen molar-refractivity contribution >= 4 is 16.8 Å². The van der Waals surface area contributed by atoms with Crippen molar-refractivity contribution in [3.05, 3.63) is 95.2 Å². The molecule has 2 aromatic heterocycles. The molecule has 7 heteroatoms. The zero-order valence-electron chi connectivity index (χ0n) is 15.9. The zero-order valence-corrected chi connectivity index (χ0v) is 15.9. The van der Waals surface area contributed by atoms with E-state index in [1.807, 2.05) is 0 Å². The van der Waals surface area contributed by atoms with Crippen LogP contribution in [0.2, 0.25) is 0 Å². The third-order valence-electron chi connectivity index (χ3n) is 4.72. The summed E-state index contributed by atoms with van der Waals surface area (Å²) >= 11 is 0. The summed E-state index contributed by atoms with van der Waals surface area (Å²) in [6.45, 7) is 1.74. The van der Waals surface area contributed by atoms with Crippen molar-refractivity contribution in [2.75, 3.05) is 0 Å². The van der Waals surface area contributed by atoms with Crippen LogP contribution in [0.1, 0.15) is 33.5 Å². The molecule has 4 aromatic rings. The minimum Gasteiger partial charge on any atom is -0.338 e. The molecule has 2 heterocycles. The fourth-order valence-corrected chi connectivity index (χ4v) is 3.37. The average molecular weight is 392 g/mol. The Morgan fingerprint density at radius 3 is 2.62 bits per heavy atom. The maximum atomic E-state index is 13.8. The lowest BCUT2D eigenvalue weighted by molar-refractivity contribution is 0.0942. The fraction of sp³-hybridized carbons (Fsp3) is 0.136. The third-order valence-corrected chi connectivity index (χ3v) is 4.72. The van der Waals surface area contributed by atoms with Crippen LogP contribution in [0, 0.1) is 18.6 Å². The lowest BCUT2D eigenvalue weighted by Gasteiger charge is -2.20. The molecule has 1 N–H and O–H groups in total. The van der Waals surface area contributed by atoms with Gasteiger partial charge in [-0.25, -0.2) is 13.8 Å². The summed E-state index contributed by atoms with van der Waals surface area (Å²) in [6.07, 6.45) is 3.37. The molecule has 0 saturated carbocycles. The van der Waals surface area contributed by atoms with Gasteiger partial charge in [0.15, 0.2) is 0 Å². The number of hydrogen-bond acceptors (Lipinski definition) is 3. The first-order valence-electron chi connectivity index (χ1n) is 9.03. The highest BCUT2D eigenvalue weighted by molar-refractivity contribution is 6.06. The zero-order chi connectivity index (χ0) is 20.5. The number of rotatable bonds is 4. The van der Waals surface area contributed by atoms with Gasteiger partial charge in [-0.3, -0.25) is 9.78 Å². The monoisotopic (exact) mass is 392 g/mol. The first-order valence-corrected chi connectivity index (χ1v) is 9.03. The van der Waals surface area contributed by atoms with Crippen molar-refractivity contribution in [1.82, 2.24) is 19.9 Å². The van der Waals surface area contributed by atoms with Crippen molar-refractivity contribution in [3.8, 4) is 0 Å². The Balaban J connectivity index is 1.78. The molecule has 0 aliphatic rings. The van der Waals surface area contributed by atoms with Crippen LogP contribution in [0.3, 0.4) is 0 Å². The van der Waals surface area contributed by atoms with Gasteiger partial charge in [0.25, 0.3) is 5.91 Å². The van der Waals surface area contributed by atoms with E-state index in [4.69, 9.17) is 0 Å². The Labute approximate surface area is 166 Å². The van der Waals surface area contributed by atoms with E-state index in [2.05, 4.69) is 15.3 Å². The molecular weight excluding hydrogens is 374 g/mol. The number of hydrogen-bond donors (Lipinski definition) is 1. The van der Waals surface area contributed by atoms with Gasteiger partial charge in [-0.1, -0.05) is 12.1 Å². The van der Waals surface area contributed by atoms with E-state index < -0.39 is 17.7 Å². The van der Waals surface area contributed by atoms with E-state index in [-0.39, 0.29) is 5.91 Å². The van der Waals surface area contributed by atoms with Crippen LogP contribution >= 0.6 is 0 Å². The van der Waals surface area contributed by atoms with E-state index in [0.29, 0.717) is 33.5 Å². The van der Waals surface area contributed by atoms with Crippen LogP contribution in [0.15, 0.2) is 60.9 Å². The predicted molar refractivity (Wildman–Crippen MR) is 105 cm³/mol. The number of halogens is 2. The van der Waals surface area contributed by atoms with E-state index >= 15 is 0 Å². The second-order valence-electron chi connectivity index (χ2n) is 6.83. The Hall–Kier alpha value is -3.61. The molecule has 0 bridgehead atoms. The lowest BCUT2D eigenvalue weighted by atomic mass is 10.0. The number of pyridine rings is 1. The first-order chi connectivity index (χ1) is 13.9. The number of carbonyl (C=O) groups excluding carboxylic acids is 1. The summed E-state index contributed by atoms with van der Waals surface area (Å²) in [5, 5.41) is 3.48. The Morgan fingerprint density at radius 2 is 1.90 bits per heavy atom. The number of aromatic nitrogens is 3. The highest BCUT2D eigenvalue weighted by Gasteiger charge is 2.23. The maximum Gasteiger partial charge on any atom is 0.252 e. The largest absolute Gasteiger partial charge is 0.338 e. The standard InChI is InChI=1S/C22H18F2N4O/c1-13-10-18(17-7-6-16(24)12-19(17)26-13)22(29)27-20(21-25-8-9-28(21)2)14-4-3-5-15(23)11-14/h3-12,20H,1-2H3,(H,27,29).